The highest BCUT2D eigenvalue weighted by atomic mass is 79.9. The molecule has 2 amide bonds. The van der Waals surface area contributed by atoms with Gasteiger partial charge < -0.3 is 9.84 Å². The van der Waals surface area contributed by atoms with Crippen LogP contribution in [0.5, 0.6) is 11.5 Å². The second kappa shape index (κ2) is 9.20. The second-order valence-corrected chi connectivity index (χ2v) is 10.9. The molecule has 2 aromatic carbocycles. The Kier molecular flexibility index (Phi) is 5.94. The van der Waals surface area contributed by atoms with E-state index in [-0.39, 0.29) is 52.2 Å². The van der Waals surface area contributed by atoms with Crippen LogP contribution in [0.2, 0.25) is 0 Å². The molecule has 0 radical (unpaired) electrons. The number of amides is 2. The normalized spacial score (nSPS) is 26.5. The largest absolute Gasteiger partial charge is 0.507 e. The molecule has 4 unspecified atom stereocenters. The molecule has 8 heteroatoms. The first-order valence-corrected chi connectivity index (χ1v) is 13.2. The molecule has 4 atom stereocenters. The second-order valence-electron chi connectivity index (χ2n) is 10.0. The summed E-state index contributed by atoms with van der Waals surface area (Å²) >= 11 is 3.23. The Morgan fingerprint density at radius 2 is 1.76 bits per heavy atom. The standard InChI is InChI=1S/C30H24BrNO6/c1-38-23-9-5-8-21(33)27(23)26-16-10-11-17-24(18(16)12-19-25(26)22(34)13-20(31)28(19)35)30(37)32(29(17)36)14-15-6-3-2-4-7-15/h2-10,13,17-18,24,26,33H,11-12,14H2,1H3. The van der Waals surface area contributed by atoms with E-state index >= 15 is 0 Å². The number of carbonyl (C=O) groups is 4. The van der Waals surface area contributed by atoms with Gasteiger partial charge >= 0.3 is 0 Å². The van der Waals surface area contributed by atoms with Crippen LogP contribution in [0, 0.1) is 17.8 Å². The Labute approximate surface area is 227 Å². The number of hydrogen-bond acceptors (Lipinski definition) is 6. The third-order valence-corrected chi connectivity index (χ3v) is 8.75. The van der Waals surface area contributed by atoms with Gasteiger partial charge in [-0.15, -0.1) is 0 Å². The minimum atomic E-state index is -0.778. The summed E-state index contributed by atoms with van der Waals surface area (Å²) in [4.78, 5) is 55.3. The van der Waals surface area contributed by atoms with Crippen LogP contribution in [0.4, 0.5) is 0 Å². The van der Waals surface area contributed by atoms with E-state index in [9.17, 15) is 24.3 Å². The molecular weight excluding hydrogens is 550 g/mol. The van der Waals surface area contributed by atoms with Crippen molar-refractivity contribution in [1.82, 2.24) is 4.90 Å². The summed E-state index contributed by atoms with van der Waals surface area (Å²) in [7, 11) is 1.48. The van der Waals surface area contributed by atoms with Crippen molar-refractivity contribution in [1.29, 1.82) is 0 Å². The number of nitrogens with zero attached hydrogens (tertiary/aromatic N) is 1. The van der Waals surface area contributed by atoms with Crippen molar-refractivity contribution in [3.63, 3.8) is 0 Å². The average molecular weight is 574 g/mol. The fraction of sp³-hybridized carbons (Fsp3) is 0.267. The van der Waals surface area contributed by atoms with Gasteiger partial charge in [0.25, 0.3) is 0 Å². The molecule has 1 saturated heterocycles. The van der Waals surface area contributed by atoms with E-state index in [1.165, 1.54) is 24.2 Å². The molecule has 0 saturated carbocycles. The maximum atomic E-state index is 13.8. The summed E-state index contributed by atoms with van der Waals surface area (Å²) in [5.74, 6) is -3.29. The molecule has 1 fully saturated rings. The minimum absolute atomic E-state index is 0.0710. The topological polar surface area (TPSA) is 101 Å². The first-order chi connectivity index (χ1) is 18.3. The van der Waals surface area contributed by atoms with E-state index in [1.807, 2.05) is 36.4 Å². The molecule has 0 bridgehead atoms. The first kappa shape index (κ1) is 24.6. The third kappa shape index (κ3) is 3.61. The number of methoxy groups -OCH3 is 1. The van der Waals surface area contributed by atoms with Gasteiger partial charge in [0.1, 0.15) is 11.5 Å². The number of ketones is 2. The van der Waals surface area contributed by atoms with Gasteiger partial charge in [0, 0.05) is 28.7 Å². The first-order valence-electron chi connectivity index (χ1n) is 12.5. The number of imide groups is 1. The summed E-state index contributed by atoms with van der Waals surface area (Å²) in [6.07, 6.45) is 3.69. The Bertz CT molecular complexity index is 1500. The lowest BCUT2D eigenvalue weighted by molar-refractivity contribution is -0.140. The monoisotopic (exact) mass is 573 g/mol. The van der Waals surface area contributed by atoms with E-state index in [2.05, 4.69) is 15.9 Å². The van der Waals surface area contributed by atoms with E-state index in [4.69, 9.17) is 4.74 Å². The molecule has 192 valence electrons. The van der Waals surface area contributed by atoms with E-state index in [0.717, 1.165) is 11.1 Å². The summed E-state index contributed by atoms with van der Waals surface area (Å²) in [6, 6.07) is 14.2. The zero-order valence-corrected chi connectivity index (χ0v) is 22.1. The van der Waals surface area contributed by atoms with Crippen LogP contribution in [0.15, 0.2) is 81.9 Å². The van der Waals surface area contributed by atoms with E-state index in [1.54, 1.807) is 12.1 Å². The summed E-state index contributed by atoms with van der Waals surface area (Å²) in [5.41, 5.74) is 2.59. The molecule has 1 N–H and O–H groups in total. The maximum Gasteiger partial charge on any atom is 0.234 e. The highest BCUT2D eigenvalue weighted by molar-refractivity contribution is 9.12. The number of phenolic OH excluding ortho intramolecular Hbond substituents is 1. The Balaban J connectivity index is 1.48. The number of fused-ring (bicyclic) bond motifs is 3. The number of likely N-dealkylation sites (tertiary alicyclic amines) is 1. The Morgan fingerprint density at radius 1 is 1.00 bits per heavy atom. The molecule has 38 heavy (non-hydrogen) atoms. The third-order valence-electron chi connectivity index (χ3n) is 8.16. The van der Waals surface area contributed by atoms with Crippen LogP contribution in [-0.2, 0) is 25.7 Å². The van der Waals surface area contributed by atoms with Crippen molar-refractivity contribution in [2.24, 2.45) is 17.8 Å². The predicted molar refractivity (Wildman–Crippen MR) is 141 cm³/mol. The molecule has 6 rings (SSSR count). The summed E-state index contributed by atoms with van der Waals surface area (Å²) < 4.78 is 5.73. The maximum absolute atomic E-state index is 13.8. The van der Waals surface area contributed by atoms with Crippen molar-refractivity contribution in [2.75, 3.05) is 7.11 Å². The lowest BCUT2D eigenvalue weighted by Crippen LogP contribution is -2.39. The van der Waals surface area contributed by atoms with Crippen molar-refractivity contribution in [3.05, 3.63) is 93.0 Å². The molecule has 2 aromatic rings. The van der Waals surface area contributed by atoms with E-state index < -0.39 is 23.7 Å². The minimum Gasteiger partial charge on any atom is -0.507 e. The predicted octanol–water partition coefficient (Wildman–Crippen LogP) is 4.36. The van der Waals surface area contributed by atoms with Gasteiger partial charge in [0.05, 0.1) is 30.0 Å². The van der Waals surface area contributed by atoms with Gasteiger partial charge in [-0.2, -0.15) is 0 Å². The molecule has 0 aromatic heterocycles. The van der Waals surface area contributed by atoms with Gasteiger partial charge in [-0.25, -0.2) is 0 Å². The molecule has 0 spiro atoms. The Morgan fingerprint density at radius 3 is 2.50 bits per heavy atom. The van der Waals surface area contributed by atoms with Crippen molar-refractivity contribution in [2.45, 2.75) is 25.3 Å². The van der Waals surface area contributed by atoms with Crippen LogP contribution in [-0.4, -0.2) is 40.5 Å². The number of ether oxygens (including phenoxy) is 1. The molecular formula is C30H24BrNO6. The fourth-order valence-corrected chi connectivity index (χ4v) is 6.97. The number of aromatic hydroxyl groups is 1. The number of Topliss-reactive ketones (excluding diaryl/α,β-unsaturated/α-hetero) is 1. The number of benzene rings is 2. The van der Waals surface area contributed by atoms with E-state index in [0.29, 0.717) is 23.3 Å². The zero-order chi connectivity index (χ0) is 26.7. The lowest BCUT2D eigenvalue weighted by Gasteiger charge is -2.42. The zero-order valence-electron chi connectivity index (χ0n) is 20.5. The summed E-state index contributed by atoms with van der Waals surface area (Å²) in [5, 5.41) is 11.0. The molecule has 4 aliphatic rings. The number of rotatable bonds is 4. The van der Waals surface area contributed by atoms with Gasteiger partial charge in [0.2, 0.25) is 11.8 Å². The number of hydrogen-bond donors (Lipinski definition) is 1. The fourth-order valence-electron chi connectivity index (χ4n) is 6.53. The van der Waals surface area contributed by atoms with Crippen LogP contribution in [0.3, 0.4) is 0 Å². The van der Waals surface area contributed by atoms with Crippen molar-refractivity contribution >= 4 is 39.3 Å². The van der Waals surface area contributed by atoms with Crippen LogP contribution >= 0.6 is 15.9 Å². The van der Waals surface area contributed by atoms with Gasteiger partial charge in [0.15, 0.2) is 11.6 Å². The quantitative estimate of drug-likeness (QED) is 0.331. The number of halogens is 1. The number of allylic oxidation sites excluding steroid dienone is 6. The highest BCUT2D eigenvalue weighted by Crippen LogP contribution is 2.57. The summed E-state index contributed by atoms with van der Waals surface area (Å²) in [6.45, 7) is 0.184. The van der Waals surface area contributed by atoms with Crippen LogP contribution in [0.25, 0.3) is 0 Å². The molecule has 7 nitrogen and oxygen atoms in total. The van der Waals surface area contributed by atoms with Gasteiger partial charge in [-0.3, -0.25) is 24.1 Å². The smallest absolute Gasteiger partial charge is 0.234 e. The molecule has 3 aliphatic carbocycles. The molecule has 1 aliphatic heterocycles. The van der Waals surface area contributed by atoms with Crippen molar-refractivity contribution in [3.8, 4) is 11.5 Å². The van der Waals surface area contributed by atoms with Crippen LogP contribution < -0.4 is 4.74 Å². The molecule has 1 heterocycles. The average Bonchev–Trinajstić information content (AvgIpc) is 3.16. The van der Waals surface area contributed by atoms with Crippen molar-refractivity contribution < 1.29 is 29.0 Å². The number of phenols is 1. The van der Waals surface area contributed by atoms with Crippen LogP contribution in [0.1, 0.15) is 29.9 Å². The van der Waals surface area contributed by atoms with Gasteiger partial charge in [-0.1, -0.05) is 48.0 Å². The Hall–Kier alpha value is -3.78. The van der Waals surface area contributed by atoms with Gasteiger partial charge in [-0.05, 0) is 52.4 Å². The SMILES string of the molecule is COc1cccc(O)c1C1C2=CCC3C(=O)N(Cc4ccccc4)C(=O)C3C2CC2=C1C(=O)C=C(Br)C2=O. The lowest BCUT2D eigenvalue weighted by atomic mass is 9.59. The number of carbonyl (C=O) groups excluding carboxylic acids is 4. The highest BCUT2D eigenvalue weighted by Gasteiger charge is 2.56.